The van der Waals surface area contributed by atoms with Crippen molar-refractivity contribution in [3.05, 3.63) is 23.2 Å². The number of halogens is 1. The van der Waals surface area contributed by atoms with Crippen molar-refractivity contribution in [2.75, 3.05) is 25.1 Å². The van der Waals surface area contributed by atoms with Crippen molar-refractivity contribution in [2.24, 2.45) is 0 Å². The smallest absolute Gasteiger partial charge is 0.139 e. The molecule has 1 heterocycles. The third-order valence-corrected chi connectivity index (χ3v) is 5.37. The first-order valence-corrected chi connectivity index (χ1v) is 8.37. The number of piperazine rings is 1. The van der Waals surface area contributed by atoms with Crippen molar-refractivity contribution in [1.29, 1.82) is 0 Å². The average Bonchev–Trinajstić information content (AvgIpc) is 2.51. The molecule has 3 rings (SSSR count). The van der Waals surface area contributed by atoms with Gasteiger partial charge in [-0.1, -0.05) is 30.9 Å². The van der Waals surface area contributed by atoms with Crippen molar-refractivity contribution in [2.45, 2.75) is 50.6 Å². The molecule has 1 unspecified atom stereocenters. The van der Waals surface area contributed by atoms with E-state index in [1.165, 1.54) is 37.8 Å². The number of methoxy groups -OCH3 is 1. The third kappa shape index (κ3) is 3.00. The Morgan fingerprint density at radius 1 is 1.29 bits per heavy atom. The van der Waals surface area contributed by atoms with Crippen LogP contribution in [0.4, 0.5) is 5.69 Å². The van der Waals surface area contributed by atoms with Gasteiger partial charge in [0.2, 0.25) is 0 Å². The Bertz CT molecular complexity index is 500. The Balaban J connectivity index is 1.85. The Morgan fingerprint density at radius 2 is 2.05 bits per heavy atom. The fraction of sp³-hybridized carbons (Fsp3) is 0.647. The number of rotatable bonds is 2. The second-order valence-corrected chi connectivity index (χ2v) is 6.92. The van der Waals surface area contributed by atoms with Gasteiger partial charge >= 0.3 is 0 Å². The molecule has 1 aliphatic carbocycles. The summed E-state index contributed by atoms with van der Waals surface area (Å²) in [6.07, 6.45) is 6.66. The molecule has 116 valence electrons. The lowest BCUT2D eigenvalue weighted by atomic mass is 9.79. The molecule has 1 atom stereocenters. The zero-order valence-corrected chi connectivity index (χ0v) is 13.7. The van der Waals surface area contributed by atoms with E-state index < -0.39 is 0 Å². The molecule has 3 nitrogen and oxygen atoms in total. The SMILES string of the molecule is COc1cc(N2CC3(CCCCC3)NCC2C)ccc1Cl. The van der Waals surface area contributed by atoms with Gasteiger partial charge in [-0.3, -0.25) is 0 Å². The highest BCUT2D eigenvalue weighted by Gasteiger charge is 2.38. The van der Waals surface area contributed by atoms with Gasteiger partial charge in [0.05, 0.1) is 12.1 Å². The molecule has 1 spiro atoms. The van der Waals surface area contributed by atoms with Crippen LogP contribution in [0.2, 0.25) is 5.02 Å². The second kappa shape index (κ2) is 6.05. The van der Waals surface area contributed by atoms with E-state index in [4.69, 9.17) is 16.3 Å². The van der Waals surface area contributed by atoms with Gasteiger partial charge in [-0.2, -0.15) is 0 Å². The number of ether oxygens (including phenoxy) is 1. The van der Waals surface area contributed by atoms with Crippen LogP contribution in [0.5, 0.6) is 5.75 Å². The van der Waals surface area contributed by atoms with E-state index >= 15 is 0 Å². The van der Waals surface area contributed by atoms with Crippen molar-refractivity contribution < 1.29 is 4.74 Å². The van der Waals surface area contributed by atoms with Crippen LogP contribution in [0, 0.1) is 0 Å². The molecule has 0 radical (unpaired) electrons. The van der Waals surface area contributed by atoms with Crippen molar-refractivity contribution >= 4 is 17.3 Å². The molecule has 0 aromatic heterocycles. The first kappa shape index (κ1) is 15.0. The summed E-state index contributed by atoms with van der Waals surface area (Å²) in [4.78, 5) is 2.51. The van der Waals surface area contributed by atoms with Gasteiger partial charge in [0, 0.05) is 36.4 Å². The summed E-state index contributed by atoms with van der Waals surface area (Å²) >= 11 is 6.16. The van der Waals surface area contributed by atoms with Crippen LogP contribution in [-0.4, -0.2) is 31.8 Å². The molecule has 1 saturated carbocycles. The quantitative estimate of drug-likeness (QED) is 0.898. The molecule has 1 aliphatic heterocycles. The van der Waals surface area contributed by atoms with Crippen molar-refractivity contribution in [3.8, 4) is 5.75 Å². The zero-order valence-electron chi connectivity index (χ0n) is 13.0. The monoisotopic (exact) mass is 308 g/mol. The molecule has 1 N–H and O–H groups in total. The van der Waals surface area contributed by atoms with Crippen molar-refractivity contribution in [1.82, 2.24) is 5.32 Å². The minimum atomic E-state index is 0.303. The minimum absolute atomic E-state index is 0.303. The van der Waals surface area contributed by atoms with E-state index in [-0.39, 0.29) is 0 Å². The van der Waals surface area contributed by atoms with Gasteiger partial charge in [-0.25, -0.2) is 0 Å². The van der Waals surface area contributed by atoms with Crippen molar-refractivity contribution in [3.63, 3.8) is 0 Å². The fourth-order valence-electron chi connectivity index (χ4n) is 3.75. The van der Waals surface area contributed by atoms with E-state index in [9.17, 15) is 0 Å². The zero-order chi connectivity index (χ0) is 14.9. The first-order chi connectivity index (χ1) is 10.1. The van der Waals surface area contributed by atoms with E-state index in [0.29, 0.717) is 16.6 Å². The number of benzene rings is 1. The molecule has 1 aromatic rings. The Labute approximate surface area is 132 Å². The van der Waals surface area contributed by atoms with Crippen LogP contribution in [0.3, 0.4) is 0 Å². The third-order valence-electron chi connectivity index (χ3n) is 5.05. The topological polar surface area (TPSA) is 24.5 Å². The van der Waals surface area contributed by atoms with Gasteiger partial charge in [-0.15, -0.1) is 0 Å². The van der Waals surface area contributed by atoms with E-state index in [1.807, 2.05) is 6.07 Å². The Hall–Kier alpha value is -0.930. The summed E-state index contributed by atoms with van der Waals surface area (Å²) in [6, 6.07) is 6.62. The molecule has 4 heteroatoms. The summed E-state index contributed by atoms with van der Waals surface area (Å²) < 4.78 is 5.37. The molecule has 0 amide bonds. The molecule has 0 bridgehead atoms. The van der Waals surface area contributed by atoms with Gasteiger partial charge in [-0.05, 0) is 31.9 Å². The van der Waals surface area contributed by atoms with Crippen LogP contribution < -0.4 is 15.0 Å². The number of anilines is 1. The van der Waals surface area contributed by atoms with Crippen LogP contribution >= 0.6 is 11.6 Å². The Morgan fingerprint density at radius 3 is 2.76 bits per heavy atom. The molecular formula is C17H25ClN2O. The number of nitrogens with one attached hydrogen (secondary N) is 1. The summed E-state index contributed by atoms with van der Waals surface area (Å²) in [5.41, 5.74) is 1.52. The normalized spacial score (nSPS) is 25.1. The highest BCUT2D eigenvalue weighted by molar-refractivity contribution is 6.32. The molecule has 1 aromatic carbocycles. The summed E-state index contributed by atoms with van der Waals surface area (Å²) in [5, 5.41) is 4.50. The Kier molecular flexibility index (Phi) is 4.32. The highest BCUT2D eigenvalue weighted by atomic mass is 35.5. The predicted molar refractivity (Wildman–Crippen MR) is 88.6 cm³/mol. The number of nitrogens with zero attached hydrogens (tertiary/aromatic N) is 1. The maximum absolute atomic E-state index is 6.16. The summed E-state index contributed by atoms with van der Waals surface area (Å²) in [6.45, 7) is 4.41. The molecule has 2 aliphatic rings. The largest absolute Gasteiger partial charge is 0.495 e. The number of hydrogen-bond acceptors (Lipinski definition) is 3. The second-order valence-electron chi connectivity index (χ2n) is 6.52. The fourth-order valence-corrected chi connectivity index (χ4v) is 3.94. The highest BCUT2D eigenvalue weighted by Crippen LogP contribution is 2.36. The molecule has 21 heavy (non-hydrogen) atoms. The predicted octanol–water partition coefficient (Wildman–Crippen LogP) is 3.85. The number of hydrogen-bond donors (Lipinski definition) is 1. The van der Waals surface area contributed by atoms with Crippen LogP contribution in [-0.2, 0) is 0 Å². The summed E-state index contributed by atoms with van der Waals surface area (Å²) in [7, 11) is 1.68. The van der Waals surface area contributed by atoms with E-state index in [1.54, 1.807) is 7.11 Å². The minimum Gasteiger partial charge on any atom is -0.495 e. The van der Waals surface area contributed by atoms with Gasteiger partial charge in [0.25, 0.3) is 0 Å². The van der Waals surface area contributed by atoms with E-state index in [2.05, 4.69) is 29.3 Å². The van der Waals surface area contributed by atoms with Crippen LogP contribution in [0.15, 0.2) is 18.2 Å². The summed E-state index contributed by atoms with van der Waals surface area (Å²) in [5.74, 6) is 0.762. The molecule has 2 fully saturated rings. The lowest BCUT2D eigenvalue weighted by molar-refractivity contribution is 0.200. The maximum Gasteiger partial charge on any atom is 0.139 e. The lowest BCUT2D eigenvalue weighted by Crippen LogP contribution is -2.64. The average molecular weight is 309 g/mol. The maximum atomic E-state index is 6.16. The standard InChI is InChI=1S/C17H25ClN2O/c1-13-11-19-17(8-4-3-5-9-17)12-20(13)14-6-7-15(18)16(10-14)21-2/h6-7,10,13,19H,3-5,8-9,11-12H2,1-2H3. The van der Waals surface area contributed by atoms with Crippen LogP contribution in [0.25, 0.3) is 0 Å². The molecular weight excluding hydrogens is 284 g/mol. The van der Waals surface area contributed by atoms with Gasteiger partial charge in [0.15, 0.2) is 0 Å². The van der Waals surface area contributed by atoms with Gasteiger partial charge < -0.3 is 15.0 Å². The van der Waals surface area contributed by atoms with Gasteiger partial charge in [0.1, 0.15) is 5.75 Å². The molecule has 1 saturated heterocycles. The van der Waals surface area contributed by atoms with Crippen LogP contribution in [0.1, 0.15) is 39.0 Å². The van der Waals surface area contributed by atoms with E-state index in [0.717, 1.165) is 18.8 Å². The lowest BCUT2D eigenvalue weighted by Gasteiger charge is -2.50. The first-order valence-electron chi connectivity index (χ1n) is 7.99.